The number of amides is 2. The summed E-state index contributed by atoms with van der Waals surface area (Å²) in [5.41, 5.74) is 0.270. The Labute approximate surface area is 197 Å². The van der Waals surface area contributed by atoms with Crippen molar-refractivity contribution in [2.75, 3.05) is 46.7 Å². The third kappa shape index (κ3) is 13.2. The number of ether oxygens (including phenoxy) is 3. The van der Waals surface area contributed by atoms with E-state index in [1.54, 1.807) is 7.11 Å². The molecule has 2 amide bonds. The fourth-order valence-electron chi connectivity index (χ4n) is 2.75. The van der Waals surface area contributed by atoms with Gasteiger partial charge in [0, 0.05) is 30.5 Å². The SMILES string of the molecule is COCCOCCOCCC(=O)NCCCCC(NC(=O)c1ccc(S(=O)[O-])cc1)C(C)=O. The first-order valence-electron chi connectivity index (χ1n) is 10.8. The molecule has 0 spiro atoms. The molecule has 0 saturated heterocycles. The predicted molar refractivity (Wildman–Crippen MR) is 121 cm³/mol. The molecule has 0 bridgehead atoms. The summed E-state index contributed by atoms with van der Waals surface area (Å²) in [6.07, 6.45) is 1.98. The summed E-state index contributed by atoms with van der Waals surface area (Å²) < 4.78 is 37.2. The summed E-state index contributed by atoms with van der Waals surface area (Å²) in [6.45, 7) is 4.08. The van der Waals surface area contributed by atoms with Crippen LogP contribution in [0.5, 0.6) is 0 Å². The summed E-state index contributed by atoms with van der Waals surface area (Å²) in [5.74, 6) is -0.738. The van der Waals surface area contributed by atoms with Crippen molar-refractivity contribution < 1.29 is 37.4 Å². The van der Waals surface area contributed by atoms with Gasteiger partial charge in [-0.3, -0.25) is 18.6 Å². The number of Topliss-reactive ketones (excluding diaryl/α,β-unsaturated/α-hetero) is 1. The van der Waals surface area contributed by atoms with Crippen LogP contribution >= 0.6 is 0 Å². The largest absolute Gasteiger partial charge is 0.768 e. The van der Waals surface area contributed by atoms with Crippen LogP contribution in [-0.4, -0.2) is 79.1 Å². The quantitative estimate of drug-likeness (QED) is 0.231. The first kappa shape index (κ1) is 28.9. The van der Waals surface area contributed by atoms with Crippen LogP contribution in [-0.2, 0) is 34.9 Å². The maximum atomic E-state index is 12.3. The highest BCUT2D eigenvalue weighted by atomic mass is 32.2. The van der Waals surface area contributed by atoms with E-state index >= 15 is 0 Å². The Kier molecular flexibility index (Phi) is 15.1. The molecule has 0 aliphatic rings. The molecule has 0 aliphatic carbocycles. The van der Waals surface area contributed by atoms with Gasteiger partial charge < -0.3 is 29.4 Å². The van der Waals surface area contributed by atoms with E-state index in [1.165, 1.54) is 31.2 Å². The molecule has 0 heterocycles. The topological polar surface area (TPSA) is 143 Å². The number of methoxy groups -OCH3 is 1. The maximum Gasteiger partial charge on any atom is 0.251 e. The summed E-state index contributed by atoms with van der Waals surface area (Å²) in [5, 5.41) is 5.47. The molecule has 0 saturated carbocycles. The van der Waals surface area contributed by atoms with Gasteiger partial charge in [0.05, 0.1) is 39.1 Å². The number of ketones is 1. The maximum absolute atomic E-state index is 12.3. The van der Waals surface area contributed by atoms with Crippen LogP contribution in [0.25, 0.3) is 0 Å². The molecule has 1 aromatic rings. The lowest BCUT2D eigenvalue weighted by Gasteiger charge is -2.16. The minimum Gasteiger partial charge on any atom is -0.768 e. The number of carbonyl (C=O) groups excluding carboxylic acids is 3. The number of benzene rings is 1. The van der Waals surface area contributed by atoms with Crippen molar-refractivity contribution in [2.24, 2.45) is 0 Å². The molecule has 0 fully saturated rings. The minimum absolute atomic E-state index is 0.0789. The van der Waals surface area contributed by atoms with E-state index in [0.29, 0.717) is 58.8 Å². The number of carbonyl (C=O) groups is 3. The Hall–Kier alpha value is -2.18. The summed E-state index contributed by atoms with van der Waals surface area (Å²) in [6, 6.07) is 4.79. The Balaban J connectivity index is 2.20. The van der Waals surface area contributed by atoms with Crippen molar-refractivity contribution >= 4 is 28.7 Å². The van der Waals surface area contributed by atoms with Crippen molar-refractivity contribution in [3.63, 3.8) is 0 Å². The molecule has 2 atom stereocenters. The third-order valence-electron chi connectivity index (χ3n) is 4.62. The van der Waals surface area contributed by atoms with Crippen LogP contribution in [0.4, 0.5) is 0 Å². The van der Waals surface area contributed by atoms with Crippen LogP contribution < -0.4 is 10.6 Å². The van der Waals surface area contributed by atoms with Crippen LogP contribution in [0.3, 0.4) is 0 Å². The molecular weight excluding hydrogens is 452 g/mol. The van der Waals surface area contributed by atoms with Crippen molar-refractivity contribution in [3.05, 3.63) is 29.8 Å². The zero-order valence-electron chi connectivity index (χ0n) is 19.1. The summed E-state index contributed by atoms with van der Waals surface area (Å²) >= 11 is -2.37. The molecule has 186 valence electrons. The van der Waals surface area contributed by atoms with E-state index in [1.807, 2.05) is 0 Å². The Morgan fingerprint density at radius 2 is 1.64 bits per heavy atom. The minimum atomic E-state index is -2.37. The standard InChI is InChI=1S/C22H34N2O8S/c1-17(25)20(24-22(27)18-6-8-19(9-7-18)33(28)29)5-3-4-11-23-21(26)10-12-31-15-16-32-14-13-30-2/h6-9,20H,3-5,10-16H2,1-2H3,(H,23,26)(H,24,27)(H,28,29)/p-1. The normalized spacial score (nSPS) is 12.7. The van der Waals surface area contributed by atoms with Crippen molar-refractivity contribution in [3.8, 4) is 0 Å². The average Bonchev–Trinajstić information content (AvgIpc) is 2.79. The van der Waals surface area contributed by atoms with Gasteiger partial charge in [0.25, 0.3) is 5.91 Å². The lowest BCUT2D eigenvalue weighted by atomic mass is 10.1. The molecule has 0 aromatic heterocycles. The molecule has 2 N–H and O–H groups in total. The highest BCUT2D eigenvalue weighted by Gasteiger charge is 2.17. The van der Waals surface area contributed by atoms with E-state index in [2.05, 4.69) is 10.6 Å². The lowest BCUT2D eigenvalue weighted by Crippen LogP contribution is -2.39. The van der Waals surface area contributed by atoms with Gasteiger partial charge in [-0.2, -0.15) is 0 Å². The molecule has 1 aromatic carbocycles. The Morgan fingerprint density at radius 3 is 2.24 bits per heavy atom. The highest BCUT2D eigenvalue weighted by Crippen LogP contribution is 2.09. The number of hydrogen-bond donors (Lipinski definition) is 2. The fourth-order valence-corrected chi connectivity index (χ4v) is 3.11. The van der Waals surface area contributed by atoms with E-state index in [9.17, 15) is 23.1 Å². The highest BCUT2D eigenvalue weighted by molar-refractivity contribution is 7.79. The monoisotopic (exact) mass is 485 g/mol. The Bertz CT molecular complexity index is 757. The first-order valence-corrected chi connectivity index (χ1v) is 11.8. The van der Waals surface area contributed by atoms with Crippen molar-refractivity contribution in [1.29, 1.82) is 0 Å². The fraction of sp³-hybridized carbons (Fsp3) is 0.591. The van der Waals surface area contributed by atoms with Crippen LogP contribution in [0.1, 0.15) is 43.0 Å². The number of nitrogens with one attached hydrogen (secondary N) is 2. The smallest absolute Gasteiger partial charge is 0.251 e. The van der Waals surface area contributed by atoms with Gasteiger partial charge in [-0.1, -0.05) is 0 Å². The second-order valence-corrected chi connectivity index (χ2v) is 8.15. The molecule has 33 heavy (non-hydrogen) atoms. The van der Waals surface area contributed by atoms with Gasteiger partial charge in [0.2, 0.25) is 5.91 Å². The number of unbranched alkanes of at least 4 members (excludes halogenated alkanes) is 1. The van der Waals surface area contributed by atoms with E-state index in [4.69, 9.17) is 14.2 Å². The van der Waals surface area contributed by atoms with Gasteiger partial charge in [0.15, 0.2) is 5.78 Å². The van der Waals surface area contributed by atoms with E-state index in [0.717, 1.165) is 0 Å². The van der Waals surface area contributed by atoms with Crippen LogP contribution in [0.15, 0.2) is 29.2 Å². The van der Waals surface area contributed by atoms with Gasteiger partial charge in [0.1, 0.15) is 0 Å². The van der Waals surface area contributed by atoms with Crippen LogP contribution in [0, 0.1) is 0 Å². The number of hydrogen-bond acceptors (Lipinski definition) is 8. The second-order valence-electron chi connectivity index (χ2n) is 7.21. The van der Waals surface area contributed by atoms with E-state index in [-0.39, 0.29) is 28.6 Å². The average molecular weight is 486 g/mol. The Morgan fingerprint density at radius 1 is 1.00 bits per heavy atom. The molecular formula is C22H33N2O8S-. The molecule has 2 unspecified atom stereocenters. The van der Waals surface area contributed by atoms with Crippen LogP contribution in [0.2, 0.25) is 0 Å². The molecule has 10 nitrogen and oxygen atoms in total. The molecule has 11 heteroatoms. The number of rotatable bonds is 18. The third-order valence-corrected chi connectivity index (χ3v) is 5.28. The van der Waals surface area contributed by atoms with E-state index < -0.39 is 23.0 Å². The molecule has 0 radical (unpaired) electrons. The zero-order chi connectivity index (χ0) is 24.5. The van der Waals surface area contributed by atoms with Gasteiger partial charge in [-0.05, 0) is 61.5 Å². The second kappa shape index (κ2) is 17.3. The first-order chi connectivity index (χ1) is 15.8. The lowest BCUT2D eigenvalue weighted by molar-refractivity contribution is -0.122. The van der Waals surface area contributed by atoms with Gasteiger partial charge >= 0.3 is 0 Å². The molecule has 1 rings (SSSR count). The van der Waals surface area contributed by atoms with Gasteiger partial charge in [-0.25, -0.2) is 0 Å². The zero-order valence-corrected chi connectivity index (χ0v) is 19.9. The predicted octanol–water partition coefficient (Wildman–Crippen LogP) is 0.968. The molecule has 0 aliphatic heterocycles. The summed E-state index contributed by atoms with van der Waals surface area (Å²) in [7, 11) is 1.60. The van der Waals surface area contributed by atoms with Crippen molar-refractivity contribution in [2.45, 2.75) is 43.5 Å². The summed E-state index contributed by atoms with van der Waals surface area (Å²) in [4.78, 5) is 36.1. The van der Waals surface area contributed by atoms with Crippen molar-refractivity contribution in [1.82, 2.24) is 10.6 Å². The van der Waals surface area contributed by atoms with Gasteiger partial charge in [-0.15, -0.1) is 0 Å².